The molecule has 1 aliphatic rings. The van der Waals surface area contributed by atoms with Gasteiger partial charge in [-0.05, 0) is 44.1 Å². The summed E-state index contributed by atoms with van der Waals surface area (Å²) in [5.74, 6) is 1.12. The molecule has 1 aliphatic heterocycles. The van der Waals surface area contributed by atoms with Gasteiger partial charge in [0.25, 0.3) is 0 Å². The van der Waals surface area contributed by atoms with Crippen molar-refractivity contribution in [3.05, 3.63) is 24.2 Å². The van der Waals surface area contributed by atoms with Crippen molar-refractivity contribution < 1.29 is 9.21 Å². The molecule has 2 heterocycles. The molecule has 0 aromatic carbocycles. The lowest BCUT2D eigenvalue weighted by Crippen LogP contribution is -2.29. The van der Waals surface area contributed by atoms with Crippen LogP contribution in [0.5, 0.6) is 0 Å². The van der Waals surface area contributed by atoms with E-state index in [0.717, 1.165) is 19.6 Å². The lowest BCUT2D eigenvalue weighted by molar-refractivity contribution is 0.0963. The fraction of sp³-hybridized carbons (Fsp3) is 0.545. The predicted molar refractivity (Wildman–Crippen MR) is 56.9 cm³/mol. The van der Waals surface area contributed by atoms with E-state index in [0.29, 0.717) is 18.2 Å². The summed E-state index contributed by atoms with van der Waals surface area (Å²) in [6, 6.07) is 3.43. The molecular formula is C11H16N2O2. The summed E-state index contributed by atoms with van der Waals surface area (Å²) in [6.07, 6.45) is 2.72. The predicted octanol–water partition coefficient (Wildman–Crippen LogP) is 0.661. The van der Waals surface area contributed by atoms with Gasteiger partial charge in [0, 0.05) is 0 Å². The molecule has 15 heavy (non-hydrogen) atoms. The van der Waals surface area contributed by atoms with Crippen LogP contribution in [0.25, 0.3) is 0 Å². The minimum absolute atomic E-state index is 0.0194. The van der Waals surface area contributed by atoms with E-state index in [4.69, 9.17) is 4.42 Å². The minimum Gasteiger partial charge on any atom is -0.461 e. The molecular weight excluding hydrogens is 192 g/mol. The van der Waals surface area contributed by atoms with Gasteiger partial charge >= 0.3 is 0 Å². The number of ketones is 1. The molecule has 1 aromatic heterocycles. The van der Waals surface area contributed by atoms with Gasteiger partial charge in [-0.25, -0.2) is 0 Å². The van der Waals surface area contributed by atoms with Crippen LogP contribution >= 0.6 is 0 Å². The van der Waals surface area contributed by atoms with E-state index in [2.05, 4.69) is 10.6 Å². The standard InChI is InChI=1S/C11H16N2O2/c14-10(11-2-1-5-15-11)8-13-7-9-3-4-12-6-9/h1-2,5,9,12-13H,3-4,6-8H2/t9-/m0/s1. The second-order valence-electron chi connectivity index (χ2n) is 3.89. The Morgan fingerprint density at radius 3 is 3.27 bits per heavy atom. The number of carbonyl (C=O) groups excluding carboxylic acids is 1. The first-order valence-electron chi connectivity index (χ1n) is 5.34. The van der Waals surface area contributed by atoms with Crippen molar-refractivity contribution in [2.75, 3.05) is 26.2 Å². The second kappa shape index (κ2) is 5.09. The Hall–Kier alpha value is -1.13. The summed E-state index contributed by atoms with van der Waals surface area (Å²) < 4.78 is 5.02. The van der Waals surface area contributed by atoms with Crippen molar-refractivity contribution in [3.63, 3.8) is 0 Å². The van der Waals surface area contributed by atoms with E-state index >= 15 is 0 Å². The number of Topliss-reactive ketones (excluding diaryl/α,β-unsaturated/α-hetero) is 1. The molecule has 4 nitrogen and oxygen atoms in total. The number of nitrogens with one attached hydrogen (secondary N) is 2. The smallest absolute Gasteiger partial charge is 0.211 e. The average Bonchev–Trinajstić information content (AvgIpc) is 2.90. The molecule has 1 fully saturated rings. The summed E-state index contributed by atoms with van der Waals surface area (Å²) in [5, 5.41) is 6.46. The van der Waals surface area contributed by atoms with Crippen LogP contribution in [0.1, 0.15) is 17.0 Å². The van der Waals surface area contributed by atoms with Crippen LogP contribution in [0, 0.1) is 5.92 Å². The summed E-state index contributed by atoms with van der Waals surface area (Å²) in [7, 11) is 0. The Bertz CT molecular complexity index is 302. The van der Waals surface area contributed by atoms with Crippen molar-refractivity contribution in [1.29, 1.82) is 0 Å². The number of rotatable bonds is 5. The maximum atomic E-state index is 11.5. The molecule has 2 rings (SSSR count). The van der Waals surface area contributed by atoms with Crippen molar-refractivity contribution in [2.45, 2.75) is 6.42 Å². The summed E-state index contributed by atoms with van der Waals surface area (Å²) in [5.41, 5.74) is 0. The van der Waals surface area contributed by atoms with Gasteiger partial charge in [0.15, 0.2) is 5.76 Å². The number of carbonyl (C=O) groups is 1. The number of furan rings is 1. The van der Waals surface area contributed by atoms with Gasteiger partial charge in [-0.2, -0.15) is 0 Å². The van der Waals surface area contributed by atoms with Gasteiger partial charge in [0.05, 0.1) is 12.8 Å². The lowest BCUT2D eigenvalue weighted by Gasteiger charge is -2.08. The van der Waals surface area contributed by atoms with Crippen molar-refractivity contribution in [2.24, 2.45) is 5.92 Å². The average molecular weight is 208 g/mol. The Morgan fingerprint density at radius 2 is 2.60 bits per heavy atom. The molecule has 0 saturated carbocycles. The van der Waals surface area contributed by atoms with Crippen LogP contribution < -0.4 is 10.6 Å². The molecule has 2 N–H and O–H groups in total. The van der Waals surface area contributed by atoms with Gasteiger partial charge in [0.2, 0.25) is 5.78 Å². The van der Waals surface area contributed by atoms with Gasteiger partial charge in [-0.1, -0.05) is 0 Å². The molecule has 0 aliphatic carbocycles. The van der Waals surface area contributed by atoms with Crippen LogP contribution in [0.4, 0.5) is 0 Å². The molecule has 1 aromatic rings. The van der Waals surface area contributed by atoms with E-state index in [1.807, 2.05) is 0 Å². The highest BCUT2D eigenvalue weighted by atomic mass is 16.3. The third-order valence-electron chi connectivity index (χ3n) is 2.68. The van der Waals surface area contributed by atoms with Crippen LogP contribution in [0.15, 0.2) is 22.8 Å². The zero-order valence-corrected chi connectivity index (χ0v) is 8.66. The first kappa shape index (κ1) is 10.4. The molecule has 0 radical (unpaired) electrons. The first-order valence-corrected chi connectivity index (χ1v) is 5.34. The molecule has 0 spiro atoms. The van der Waals surface area contributed by atoms with E-state index in [1.54, 1.807) is 12.1 Å². The molecule has 0 amide bonds. The Balaban J connectivity index is 1.67. The van der Waals surface area contributed by atoms with Gasteiger partial charge in [0.1, 0.15) is 0 Å². The molecule has 1 saturated heterocycles. The van der Waals surface area contributed by atoms with Gasteiger partial charge in [-0.15, -0.1) is 0 Å². The maximum Gasteiger partial charge on any atom is 0.211 e. The highest BCUT2D eigenvalue weighted by molar-refractivity contribution is 5.94. The first-order chi connectivity index (χ1) is 7.36. The van der Waals surface area contributed by atoms with E-state index in [1.165, 1.54) is 12.7 Å². The Kier molecular flexibility index (Phi) is 3.53. The topological polar surface area (TPSA) is 54.3 Å². The van der Waals surface area contributed by atoms with Crippen molar-refractivity contribution >= 4 is 5.78 Å². The van der Waals surface area contributed by atoms with E-state index < -0.39 is 0 Å². The molecule has 1 atom stereocenters. The van der Waals surface area contributed by atoms with E-state index in [-0.39, 0.29) is 5.78 Å². The normalized spacial score (nSPS) is 20.7. The summed E-state index contributed by atoms with van der Waals surface area (Å²) in [6.45, 7) is 3.42. The third kappa shape index (κ3) is 2.91. The quantitative estimate of drug-likeness (QED) is 0.698. The highest BCUT2D eigenvalue weighted by Crippen LogP contribution is 2.05. The van der Waals surface area contributed by atoms with Crippen LogP contribution in [0.3, 0.4) is 0 Å². The number of hydrogen-bond donors (Lipinski definition) is 2. The third-order valence-corrected chi connectivity index (χ3v) is 2.68. The molecule has 0 unspecified atom stereocenters. The highest BCUT2D eigenvalue weighted by Gasteiger charge is 2.14. The zero-order valence-electron chi connectivity index (χ0n) is 8.66. The van der Waals surface area contributed by atoms with Gasteiger partial charge in [-0.3, -0.25) is 4.79 Å². The summed E-state index contributed by atoms with van der Waals surface area (Å²) in [4.78, 5) is 11.5. The fourth-order valence-corrected chi connectivity index (χ4v) is 1.80. The molecule has 4 heteroatoms. The molecule has 82 valence electrons. The van der Waals surface area contributed by atoms with Crippen LogP contribution in [0.2, 0.25) is 0 Å². The maximum absolute atomic E-state index is 11.5. The number of hydrogen-bond acceptors (Lipinski definition) is 4. The van der Waals surface area contributed by atoms with Crippen molar-refractivity contribution in [3.8, 4) is 0 Å². The Labute approximate surface area is 89.0 Å². The largest absolute Gasteiger partial charge is 0.461 e. The van der Waals surface area contributed by atoms with Crippen LogP contribution in [-0.4, -0.2) is 32.0 Å². The minimum atomic E-state index is 0.0194. The SMILES string of the molecule is O=C(CNC[C@H]1CCNC1)c1ccco1. The monoisotopic (exact) mass is 208 g/mol. The fourth-order valence-electron chi connectivity index (χ4n) is 1.80. The van der Waals surface area contributed by atoms with E-state index in [9.17, 15) is 4.79 Å². The Morgan fingerprint density at radius 1 is 1.67 bits per heavy atom. The second-order valence-corrected chi connectivity index (χ2v) is 3.89. The van der Waals surface area contributed by atoms with Crippen molar-refractivity contribution in [1.82, 2.24) is 10.6 Å². The lowest BCUT2D eigenvalue weighted by atomic mass is 10.1. The summed E-state index contributed by atoms with van der Waals surface area (Å²) >= 11 is 0. The van der Waals surface area contributed by atoms with Crippen LogP contribution in [-0.2, 0) is 0 Å². The molecule has 0 bridgehead atoms. The zero-order chi connectivity index (χ0) is 10.5. The van der Waals surface area contributed by atoms with Gasteiger partial charge < -0.3 is 15.1 Å².